The third-order valence-corrected chi connectivity index (χ3v) is 3.49. The Morgan fingerprint density at radius 3 is 3.20 bits per heavy atom. The summed E-state index contributed by atoms with van der Waals surface area (Å²) in [5.74, 6) is 2.20. The van der Waals surface area contributed by atoms with E-state index >= 15 is 0 Å². The van der Waals surface area contributed by atoms with E-state index in [9.17, 15) is 0 Å². The first-order valence-electron chi connectivity index (χ1n) is 4.85. The Hall–Kier alpha value is -1.36. The lowest BCUT2D eigenvalue weighted by atomic mass is 10.1. The quantitative estimate of drug-likeness (QED) is 0.790. The van der Waals surface area contributed by atoms with Crippen molar-refractivity contribution in [2.45, 2.75) is 12.2 Å². The summed E-state index contributed by atoms with van der Waals surface area (Å²) >= 11 is 1.94. The van der Waals surface area contributed by atoms with E-state index in [1.807, 2.05) is 11.8 Å². The number of H-pyrrole nitrogens is 1. The monoisotopic (exact) mass is 218 g/mol. The molecule has 0 saturated carbocycles. The molecule has 4 nitrogen and oxygen atoms in total. The number of aromatic nitrogens is 4. The molecule has 5 heteroatoms. The molecule has 0 bridgehead atoms. The van der Waals surface area contributed by atoms with Gasteiger partial charge in [-0.25, -0.2) is 0 Å². The zero-order chi connectivity index (χ0) is 10.1. The van der Waals surface area contributed by atoms with Crippen molar-refractivity contribution in [2.75, 3.05) is 5.75 Å². The van der Waals surface area contributed by atoms with Gasteiger partial charge in [-0.05, 0) is 12.2 Å². The maximum Gasteiger partial charge on any atom is 0.116 e. The molecule has 0 aliphatic carbocycles. The molecular formula is C10H10N4S. The molecule has 1 aliphatic rings. The van der Waals surface area contributed by atoms with E-state index < -0.39 is 0 Å². The molecule has 0 unspecified atom stereocenters. The Labute approximate surface area is 91.5 Å². The first-order valence-corrected chi connectivity index (χ1v) is 6.01. The summed E-state index contributed by atoms with van der Waals surface area (Å²) in [6.07, 6.45) is 6.21. The number of nitrogens with one attached hydrogen (secondary N) is 1. The maximum absolute atomic E-state index is 4.33. The summed E-state index contributed by atoms with van der Waals surface area (Å²) in [6.45, 7) is 0. The summed E-state index contributed by atoms with van der Waals surface area (Å²) in [7, 11) is 0. The van der Waals surface area contributed by atoms with Crippen LogP contribution >= 0.6 is 11.8 Å². The van der Waals surface area contributed by atoms with Gasteiger partial charge in [-0.15, -0.1) is 0 Å². The van der Waals surface area contributed by atoms with Crippen LogP contribution in [0.15, 0.2) is 18.6 Å². The van der Waals surface area contributed by atoms with Gasteiger partial charge in [0.05, 0.1) is 6.20 Å². The zero-order valence-electron chi connectivity index (χ0n) is 8.10. The molecule has 0 amide bonds. The summed E-state index contributed by atoms with van der Waals surface area (Å²) in [6, 6.07) is 0. The Bertz CT molecular complexity index is 466. The number of fused-ring (bicyclic) bond motifs is 1. The molecule has 0 fully saturated rings. The average molecular weight is 218 g/mol. The Balaban J connectivity index is 2.09. The normalized spacial score (nSPS) is 14.9. The van der Waals surface area contributed by atoms with Crippen molar-refractivity contribution in [3.63, 3.8) is 0 Å². The lowest BCUT2D eigenvalue weighted by molar-refractivity contribution is 0.965. The average Bonchev–Trinajstić information content (AvgIpc) is 2.74. The minimum absolute atomic E-state index is 0.859. The molecule has 3 heterocycles. The summed E-state index contributed by atoms with van der Waals surface area (Å²) < 4.78 is 0. The van der Waals surface area contributed by atoms with Gasteiger partial charge >= 0.3 is 0 Å². The van der Waals surface area contributed by atoms with E-state index in [1.165, 1.54) is 17.0 Å². The van der Waals surface area contributed by atoms with E-state index in [4.69, 9.17) is 0 Å². The van der Waals surface area contributed by atoms with E-state index in [0.717, 1.165) is 23.6 Å². The molecule has 2 aromatic rings. The lowest BCUT2D eigenvalue weighted by Gasteiger charge is -2.10. The summed E-state index contributed by atoms with van der Waals surface area (Å²) in [4.78, 5) is 8.34. The van der Waals surface area contributed by atoms with Crippen LogP contribution < -0.4 is 0 Å². The van der Waals surface area contributed by atoms with Gasteiger partial charge in [0.1, 0.15) is 11.4 Å². The first-order chi connectivity index (χ1) is 7.45. The predicted molar refractivity (Wildman–Crippen MR) is 59.5 cm³/mol. The molecule has 76 valence electrons. The number of hydrogen-bond donors (Lipinski definition) is 1. The zero-order valence-corrected chi connectivity index (χ0v) is 8.92. The van der Waals surface area contributed by atoms with Gasteiger partial charge in [0, 0.05) is 29.4 Å². The number of aromatic amines is 1. The summed E-state index contributed by atoms with van der Waals surface area (Å²) in [5.41, 5.74) is 4.38. The summed E-state index contributed by atoms with van der Waals surface area (Å²) in [5, 5.41) is 7.42. The predicted octanol–water partition coefficient (Wildman–Crippen LogP) is 1.66. The molecule has 3 rings (SSSR count). The maximum atomic E-state index is 4.33. The van der Waals surface area contributed by atoms with Gasteiger partial charge in [-0.3, -0.25) is 15.1 Å². The fraction of sp³-hybridized carbons (Fsp3) is 0.300. The van der Waals surface area contributed by atoms with E-state index in [0.29, 0.717) is 0 Å². The highest BCUT2D eigenvalue weighted by Crippen LogP contribution is 2.30. The van der Waals surface area contributed by atoms with E-state index in [1.54, 1.807) is 18.6 Å². The second kappa shape index (κ2) is 3.66. The van der Waals surface area contributed by atoms with Crippen molar-refractivity contribution in [1.82, 2.24) is 20.2 Å². The molecule has 0 atom stereocenters. The van der Waals surface area contributed by atoms with Gasteiger partial charge in [0.2, 0.25) is 0 Å². The van der Waals surface area contributed by atoms with Crippen molar-refractivity contribution >= 4 is 11.8 Å². The van der Waals surface area contributed by atoms with Crippen molar-refractivity contribution in [1.29, 1.82) is 0 Å². The third-order valence-electron chi connectivity index (χ3n) is 2.50. The van der Waals surface area contributed by atoms with Gasteiger partial charge in [-0.2, -0.15) is 16.9 Å². The second-order valence-corrected chi connectivity index (χ2v) is 4.53. The molecule has 2 aromatic heterocycles. The number of aryl methyl sites for hydroxylation is 1. The molecule has 0 aromatic carbocycles. The van der Waals surface area contributed by atoms with Crippen molar-refractivity contribution in [2.24, 2.45) is 0 Å². The minimum Gasteiger partial charge on any atom is -0.282 e. The van der Waals surface area contributed by atoms with E-state index in [2.05, 4.69) is 20.2 Å². The highest BCUT2D eigenvalue weighted by Gasteiger charge is 2.18. The van der Waals surface area contributed by atoms with Crippen LogP contribution in [-0.4, -0.2) is 25.9 Å². The number of nitrogens with zero attached hydrogens (tertiary/aromatic N) is 3. The highest BCUT2D eigenvalue weighted by molar-refractivity contribution is 7.98. The largest absolute Gasteiger partial charge is 0.282 e. The number of rotatable bonds is 1. The Morgan fingerprint density at radius 2 is 2.33 bits per heavy atom. The van der Waals surface area contributed by atoms with E-state index in [-0.39, 0.29) is 0 Å². The van der Waals surface area contributed by atoms with Crippen LogP contribution in [0, 0.1) is 0 Å². The van der Waals surface area contributed by atoms with Crippen LogP contribution in [0.25, 0.3) is 11.4 Å². The van der Waals surface area contributed by atoms with Crippen LogP contribution in [0.4, 0.5) is 0 Å². The third kappa shape index (κ3) is 1.52. The van der Waals surface area contributed by atoms with Gasteiger partial charge in [0.15, 0.2) is 0 Å². The van der Waals surface area contributed by atoms with Crippen LogP contribution in [0.5, 0.6) is 0 Å². The smallest absolute Gasteiger partial charge is 0.116 e. The minimum atomic E-state index is 0.859. The van der Waals surface area contributed by atoms with Crippen molar-refractivity contribution < 1.29 is 0 Å². The van der Waals surface area contributed by atoms with Gasteiger partial charge < -0.3 is 0 Å². The topological polar surface area (TPSA) is 54.5 Å². The standard InChI is InChI=1S/C10H10N4S/c1-4-15-6-7-8(1)13-14-10(7)9-5-11-2-3-12-9/h2-3,5H,1,4,6H2,(H,13,14). The first kappa shape index (κ1) is 8.91. The number of thioether (sulfide) groups is 1. The molecular weight excluding hydrogens is 208 g/mol. The SMILES string of the molecule is c1cnc(-c2n[nH]c3c2CSCC3)cn1. The van der Waals surface area contributed by atoms with Gasteiger partial charge in [-0.1, -0.05) is 0 Å². The molecule has 0 radical (unpaired) electrons. The Kier molecular flexibility index (Phi) is 2.17. The fourth-order valence-electron chi connectivity index (χ4n) is 1.75. The second-order valence-electron chi connectivity index (χ2n) is 3.42. The van der Waals surface area contributed by atoms with Gasteiger partial charge in [0.25, 0.3) is 0 Å². The van der Waals surface area contributed by atoms with Crippen LogP contribution in [0.3, 0.4) is 0 Å². The molecule has 0 spiro atoms. The molecule has 15 heavy (non-hydrogen) atoms. The highest BCUT2D eigenvalue weighted by atomic mass is 32.2. The fourth-order valence-corrected chi connectivity index (χ4v) is 2.75. The van der Waals surface area contributed by atoms with Crippen molar-refractivity contribution in [3.8, 4) is 11.4 Å². The Morgan fingerprint density at radius 1 is 1.33 bits per heavy atom. The molecule has 1 N–H and O–H groups in total. The van der Waals surface area contributed by atoms with Crippen molar-refractivity contribution in [3.05, 3.63) is 29.8 Å². The van der Waals surface area contributed by atoms with Crippen LogP contribution in [0.1, 0.15) is 11.3 Å². The molecule has 1 aliphatic heterocycles. The van der Waals surface area contributed by atoms with Crippen LogP contribution in [0.2, 0.25) is 0 Å². The lowest BCUT2D eigenvalue weighted by Crippen LogP contribution is -2.01. The van der Waals surface area contributed by atoms with Crippen LogP contribution in [-0.2, 0) is 12.2 Å². The molecule has 0 saturated heterocycles. The number of hydrogen-bond acceptors (Lipinski definition) is 4.